The fourth-order valence-electron chi connectivity index (χ4n) is 2.82. The number of hydrogen-bond acceptors (Lipinski definition) is 3. The molecule has 0 unspecified atom stereocenters. The lowest BCUT2D eigenvalue weighted by Gasteiger charge is -2.21. The molecule has 0 radical (unpaired) electrons. The summed E-state index contributed by atoms with van der Waals surface area (Å²) in [6.07, 6.45) is 8.67. The van der Waals surface area contributed by atoms with E-state index in [0.29, 0.717) is 12.1 Å². The highest BCUT2D eigenvalue weighted by Crippen LogP contribution is 2.58. The van der Waals surface area contributed by atoms with Gasteiger partial charge in [-0.3, -0.25) is 14.6 Å². The summed E-state index contributed by atoms with van der Waals surface area (Å²) in [5.74, 6) is -0.126. The predicted molar refractivity (Wildman–Crippen MR) is 74.8 cm³/mol. The molecule has 0 aromatic rings. The summed E-state index contributed by atoms with van der Waals surface area (Å²) in [5, 5.41) is 0. The van der Waals surface area contributed by atoms with E-state index in [-0.39, 0.29) is 17.2 Å². The number of amides is 1. The molecule has 0 spiro atoms. The van der Waals surface area contributed by atoms with E-state index >= 15 is 0 Å². The van der Waals surface area contributed by atoms with Gasteiger partial charge in [-0.2, -0.15) is 0 Å². The van der Waals surface area contributed by atoms with E-state index in [1.165, 1.54) is 6.20 Å². The first-order valence-corrected chi connectivity index (χ1v) is 6.32. The van der Waals surface area contributed by atoms with E-state index < -0.39 is 6.04 Å². The number of carbonyl (C=O) groups excluding carboxylic acids is 2. The van der Waals surface area contributed by atoms with Crippen molar-refractivity contribution >= 4 is 17.9 Å². The Bertz CT molecular complexity index is 492. The van der Waals surface area contributed by atoms with Crippen molar-refractivity contribution in [3.8, 4) is 0 Å². The van der Waals surface area contributed by atoms with E-state index in [0.717, 1.165) is 12.8 Å². The zero-order valence-electron chi connectivity index (χ0n) is 11.1. The van der Waals surface area contributed by atoms with Gasteiger partial charge in [-0.25, -0.2) is 0 Å². The largest absolute Gasteiger partial charge is 0.331 e. The lowest BCUT2D eigenvalue weighted by Crippen LogP contribution is -2.41. The van der Waals surface area contributed by atoms with Gasteiger partial charge >= 0.3 is 0 Å². The average Bonchev–Trinajstić information content (AvgIpc) is 2.97. The van der Waals surface area contributed by atoms with Crippen LogP contribution in [-0.2, 0) is 9.59 Å². The number of rotatable bonds is 6. The van der Waals surface area contributed by atoms with Crippen molar-refractivity contribution < 1.29 is 9.59 Å². The molecule has 1 heterocycles. The van der Waals surface area contributed by atoms with Gasteiger partial charge in [0.25, 0.3) is 0 Å². The van der Waals surface area contributed by atoms with Gasteiger partial charge in [-0.15, -0.1) is 0 Å². The van der Waals surface area contributed by atoms with Crippen LogP contribution in [0, 0.1) is 5.41 Å². The van der Waals surface area contributed by atoms with E-state index in [1.807, 2.05) is 0 Å². The summed E-state index contributed by atoms with van der Waals surface area (Å²) in [7, 11) is 0. The van der Waals surface area contributed by atoms with Crippen LogP contribution >= 0.6 is 0 Å². The lowest BCUT2D eigenvalue weighted by molar-refractivity contribution is -0.127. The summed E-state index contributed by atoms with van der Waals surface area (Å²) in [5.41, 5.74) is 0.430. The first-order chi connectivity index (χ1) is 9.07. The third-order valence-corrected chi connectivity index (χ3v) is 3.98. The fraction of sp³-hybridized carbons (Fsp3) is 0.400. The molecule has 4 nitrogen and oxygen atoms in total. The summed E-state index contributed by atoms with van der Waals surface area (Å²) < 4.78 is 0. The van der Waals surface area contributed by atoms with Gasteiger partial charge in [0, 0.05) is 12.2 Å². The number of allylic oxidation sites excluding steroid dienone is 3. The number of hydrogen-bond donors (Lipinski definition) is 0. The highest BCUT2D eigenvalue weighted by atomic mass is 16.2. The van der Waals surface area contributed by atoms with E-state index in [9.17, 15) is 9.59 Å². The number of carbonyl (C=O) groups is 2. The molecule has 100 valence electrons. The minimum Gasteiger partial charge on any atom is -0.331 e. The summed E-state index contributed by atoms with van der Waals surface area (Å²) in [6, 6.07) is -0.179. The van der Waals surface area contributed by atoms with E-state index in [4.69, 9.17) is 0 Å². The van der Waals surface area contributed by atoms with Crippen molar-refractivity contribution in [2.24, 2.45) is 10.4 Å². The molecule has 2 rings (SSSR count). The zero-order chi connectivity index (χ0) is 14.0. The number of nitrogens with zero attached hydrogens (tertiary/aromatic N) is 2. The highest BCUT2D eigenvalue weighted by molar-refractivity contribution is 6.46. The van der Waals surface area contributed by atoms with Crippen LogP contribution in [0.15, 0.2) is 42.6 Å². The van der Waals surface area contributed by atoms with Crippen LogP contribution in [0.4, 0.5) is 0 Å². The van der Waals surface area contributed by atoms with Gasteiger partial charge in [-0.05, 0) is 24.3 Å². The third-order valence-electron chi connectivity index (χ3n) is 3.98. The number of ketones is 1. The minimum atomic E-state index is -0.394. The maximum Gasteiger partial charge on any atom is 0.210 e. The Labute approximate surface area is 113 Å². The minimum absolute atomic E-state index is 0.114. The predicted octanol–water partition coefficient (Wildman–Crippen LogP) is 1.89. The number of likely N-dealkylation sites (tertiary alicyclic amines) is 1. The van der Waals surface area contributed by atoms with Crippen molar-refractivity contribution in [2.75, 3.05) is 0 Å². The molecule has 1 saturated carbocycles. The molecule has 1 aliphatic carbocycles. The summed E-state index contributed by atoms with van der Waals surface area (Å²) in [4.78, 5) is 29.3. The molecule has 0 N–H and O–H groups in total. The monoisotopic (exact) mass is 258 g/mol. The van der Waals surface area contributed by atoms with Crippen LogP contribution in [0.25, 0.3) is 0 Å². The maximum absolute atomic E-state index is 12.5. The van der Waals surface area contributed by atoms with Crippen molar-refractivity contribution in [2.45, 2.75) is 31.8 Å². The molecule has 1 aliphatic heterocycles. The average molecular weight is 258 g/mol. The van der Waals surface area contributed by atoms with Gasteiger partial charge in [0.05, 0.1) is 6.04 Å². The molecule has 0 aromatic carbocycles. The Kier molecular flexibility index (Phi) is 3.51. The molecular weight excluding hydrogens is 240 g/mol. The maximum atomic E-state index is 12.5. The molecule has 0 aromatic heterocycles. The Morgan fingerprint density at radius 1 is 1.42 bits per heavy atom. The van der Waals surface area contributed by atoms with Gasteiger partial charge in [-0.1, -0.05) is 32.2 Å². The second-order valence-electron chi connectivity index (χ2n) is 5.30. The SMILES string of the molecule is C=C/C=C\C(=NC=C)C(=O)[C@@H]1C[C@@]2(C)C[C@H]2N1C=O. The summed E-state index contributed by atoms with van der Waals surface area (Å²) >= 11 is 0. The Morgan fingerprint density at radius 2 is 2.16 bits per heavy atom. The quantitative estimate of drug-likeness (QED) is 0.415. The molecule has 4 heteroatoms. The second kappa shape index (κ2) is 4.96. The van der Waals surface area contributed by atoms with E-state index in [1.54, 1.807) is 23.1 Å². The van der Waals surface area contributed by atoms with Gasteiger partial charge in [0.1, 0.15) is 5.71 Å². The summed E-state index contributed by atoms with van der Waals surface area (Å²) in [6.45, 7) is 9.19. The molecule has 2 aliphatic rings. The molecule has 3 atom stereocenters. The van der Waals surface area contributed by atoms with Gasteiger partial charge in [0.2, 0.25) is 12.2 Å². The van der Waals surface area contributed by atoms with Crippen LogP contribution in [0.3, 0.4) is 0 Å². The molecular formula is C15H18N2O2. The number of aliphatic imine (C=N–C) groups is 1. The molecule has 2 fully saturated rings. The van der Waals surface area contributed by atoms with Crippen molar-refractivity contribution in [3.63, 3.8) is 0 Å². The van der Waals surface area contributed by atoms with Crippen LogP contribution in [0.1, 0.15) is 19.8 Å². The standard InChI is InChI=1S/C15H18N2O2/c1-4-6-7-11(16-5-2)14(19)12-8-15(3)9-13(15)17(12)10-18/h4-7,10,12-13H,1-2,8-9H2,3H3/b7-6-,16-11?/t12-,13+,15-/m0/s1. The molecule has 19 heavy (non-hydrogen) atoms. The zero-order valence-corrected chi connectivity index (χ0v) is 11.1. The van der Waals surface area contributed by atoms with Crippen molar-refractivity contribution in [1.29, 1.82) is 0 Å². The van der Waals surface area contributed by atoms with E-state index in [2.05, 4.69) is 25.1 Å². The number of fused-ring (bicyclic) bond motifs is 1. The molecule has 1 amide bonds. The van der Waals surface area contributed by atoms with Gasteiger partial charge < -0.3 is 4.90 Å². The van der Waals surface area contributed by atoms with Crippen molar-refractivity contribution in [1.82, 2.24) is 4.90 Å². The van der Waals surface area contributed by atoms with Crippen molar-refractivity contribution in [3.05, 3.63) is 37.6 Å². The van der Waals surface area contributed by atoms with Crippen LogP contribution in [-0.4, -0.2) is 34.9 Å². The topological polar surface area (TPSA) is 49.7 Å². The first-order valence-electron chi connectivity index (χ1n) is 6.32. The Hall–Kier alpha value is -1.97. The third kappa shape index (κ3) is 2.30. The molecule has 0 bridgehead atoms. The normalized spacial score (nSPS) is 33.1. The number of Topliss-reactive ketones (excluding diaryl/α,β-unsaturated/α-hetero) is 1. The fourth-order valence-corrected chi connectivity index (χ4v) is 2.82. The van der Waals surface area contributed by atoms with Crippen LogP contribution in [0.5, 0.6) is 0 Å². The highest BCUT2D eigenvalue weighted by Gasteiger charge is 2.62. The molecule has 1 saturated heterocycles. The lowest BCUT2D eigenvalue weighted by atomic mass is 9.97. The van der Waals surface area contributed by atoms with Crippen LogP contribution in [0.2, 0.25) is 0 Å². The van der Waals surface area contributed by atoms with Gasteiger partial charge in [0.15, 0.2) is 0 Å². The Balaban J connectivity index is 2.20. The number of piperidine rings is 1. The second-order valence-corrected chi connectivity index (χ2v) is 5.30. The van der Waals surface area contributed by atoms with Crippen LogP contribution < -0.4 is 0 Å². The first kappa shape index (κ1) is 13.5. The smallest absolute Gasteiger partial charge is 0.210 e. The Morgan fingerprint density at radius 3 is 2.74 bits per heavy atom.